The molecule has 0 fully saturated rings. The molecule has 6 heteroatoms. The van der Waals surface area contributed by atoms with Gasteiger partial charge in [-0.2, -0.15) is 0 Å². The summed E-state index contributed by atoms with van der Waals surface area (Å²) in [5.41, 5.74) is 0. The zero-order chi connectivity index (χ0) is 57.1. The van der Waals surface area contributed by atoms with E-state index in [-0.39, 0.29) is 18.5 Å². The molecule has 3 N–H and O–H groups in total. The third-order valence-corrected chi connectivity index (χ3v) is 16.6. The maximum absolute atomic E-state index is 12.5. The first-order valence-corrected chi connectivity index (χ1v) is 35.8. The summed E-state index contributed by atoms with van der Waals surface area (Å²) >= 11 is 0. The monoisotopic (exact) mass is 1110 g/mol. The molecule has 0 saturated heterocycles. The summed E-state index contributed by atoms with van der Waals surface area (Å²) in [6.07, 6.45) is 88.0. The van der Waals surface area contributed by atoms with Crippen molar-refractivity contribution in [1.29, 1.82) is 0 Å². The number of carbonyl (C=O) groups is 2. The van der Waals surface area contributed by atoms with Crippen molar-refractivity contribution in [3.63, 3.8) is 0 Å². The van der Waals surface area contributed by atoms with E-state index >= 15 is 0 Å². The number of hydrogen-bond acceptors (Lipinski definition) is 5. The van der Waals surface area contributed by atoms with E-state index in [0.29, 0.717) is 19.4 Å². The van der Waals surface area contributed by atoms with Gasteiger partial charge in [0.2, 0.25) is 5.91 Å². The van der Waals surface area contributed by atoms with Crippen molar-refractivity contribution in [2.75, 3.05) is 13.2 Å². The van der Waals surface area contributed by atoms with E-state index in [1.807, 2.05) is 6.08 Å². The second-order valence-electron chi connectivity index (χ2n) is 24.6. The number of carbonyl (C=O) groups excluding carboxylic acids is 2. The largest absolute Gasteiger partial charge is 0.466 e. The van der Waals surface area contributed by atoms with Crippen LogP contribution in [-0.2, 0) is 14.3 Å². The molecule has 0 radical (unpaired) electrons. The van der Waals surface area contributed by atoms with Crippen molar-refractivity contribution >= 4 is 11.9 Å². The molecule has 0 rings (SSSR count). The van der Waals surface area contributed by atoms with Crippen molar-refractivity contribution in [2.24, 2.45) is 0 Å². The van der Waals surface area contributed by atoms with Gasteiger partial charge in [-0.1, -0.05) is 359 Å². The number of rotatable bonds is 67. The number of ether oxygens (including phenoxy) is 1. The van der Waals surface area contributed by atoms with Gasteiger partial charge in [0.15, 0.2) is 0 Å². The van der Waals surface area contributed by atoms with Gasteiger partial charge in [0.1, 0.15) is 0 Å². The Balaban J connectivity index is 3.39. The van der Waals surface area contributed by atoms with E-state index in [2.05, 4.69) is 43.5 Å². The summed E-state index contributed by atoms with van der Waals surface area (Å²) in [6, 6.07) is -0.628. The minimum absolute atomic E-state index is 0.00193. The van der Waals surface area contributed by atoms with Gasteiger partial charge in [0.25, 0.3) is 0 Å². The van der Waals surface area contributed by atoms with Crippen molar-refractivity contribution < 1.29 is 24.5 Å². The molecule has 466 valence electrons. The fraction of sp³-hybridized carbons (Fsp3) is 0.890. The zero-order valence-corrected chi connectivity index (χ0v) is 53.4. The molecule has 2 unspecified atom stereocenters. The summed E-state index contributed by atoms with van der Waals surface area (Å²) in [6.45, 7) is 4.87. The highest BCUT2D eigenvalue weighted by Gasteiger charge is 2.18. The molecule has 0 bridgehead atoms. The quantitative estimate of drug-likeness (QED) is 0.0320. The van der Waals surface area contributed by atoms with Crippen LogP contribution in [0.25, 0.3) is 0 Å². The number of allylic oxidation sites excluding steroid dienone is 5. The third kappa shape index (κ3) is 65.1. The van der Waals surface area contributed by atoms with Gasteiger partial charge < -0.3 is 20.3 Å². The van der Waals surface area contributed by atoms with Gasteiger partial charge in [-0.25, -0.2) is 0 Å². The second-order valence-corrected chi connectivity index (χ2v) is 24.6. The van der Waals surface area contributed by atoms with Gasteiger partial charge in [0.05, 0.1) is 25.4 Å². The maximum atomic E-state index is 12.5. The summed E-state index contributed by atoms with van der Waals surface area (Å²) in [7, 11) is 0. The first kappa shape index (κ1) is 77.1. The minimum atomic E-state index is -0.845. The lowest BCUT2D eigenvalue weighted by Crippen LogP contribution is -2.45. The lowest BCUT2D eigenvalue weighted by molar-refractivity contribution is -0.143. The lowest BCUT2D eigenvalue weighted by atomic mass is 10.0. The number of esters is 1. The van der Waals surface area contributed by atoms with E-state index in [4.69, 9.17) is 4.74 Å². The van der Waals surface area contributed by atoms with Crippen molar-refractivity contribution in [2.45, 2.75) is 405 Å². The standard InChI is InChI=1S/C73H139NO5/c1-3-5-7-9-11-13-15-17-18-19-20-21-26-29-32-35-38-42-45-49-53-57-61-65-71(76)70(69-75)74-72(77)66-62-58-54-50-46-43-39-36-33-30-27-24-22-23-25-28-31-34-37-40-44-48-52-56-60-64-68-79-73(78)67-63-59-55-51-47-41-16-14-12-10-8-6-4-2/h8,10,14,16,61,65,70-71,75-76H,3-7,9,11-13,15,17-60,62-64,66-69H2,1-2H3,(H,74,77)/b10-8-,16-14-,65-61+. The highest BCUT2D eigenvalue weighted by molar-refractivity contribution is 5.76. The van der Waals surface area contributed by atoms with Crippen molar-refractivity contribution in [1.82, 2.24) is 5.32 Å². The van der Waals surface area contributed by atoms with E-state index in [1.165, 1.54) is 315 Å². The minimum Gasteiger partial charge on any atom is -0.466 e. The average molecular weight is 1110 g/mol. The first-order valence-electron chi connectivity index (χ1n) is 35.8. The maximum Gasteiger partial charge on any atom is 0.305 e. The van der Waals surface area contributed by atoms with Crippen LogP contribution in [0.15, 0.2) is 36.5 Å². The molecule has 0 heterocycles. The van der Waals surface area contributed by atoms with Crippen LogP contribution < -0.4 is 5.32 Å². The molecular formula is C73H139NO5. The SMILES string of the molecule is CCC/C=C\C/C=C\CCCCCCCC(=O)OCCCCCCCCCCCCCCCCCCCCCCCCCCCCC(=O)NC(CO)C(O)/C=C/CCCCCCCCCCCCCCCCCCCCCCC. The second kappa shape index (κ2) is 68.6. The molecule has 0 aromatic rings. The van der Waals surface area contributed by atoms with E-state index in [9.17, 15) is 19.8 Å². The lowest BCUT2D eigenvalue weighted by Gasteiger charge is -2.20. The van der Waals surface area contributed by atoms with Crippen LogP contribution in [0.1, 0.15) is 393 Å². The van der Waals surface area contributed by atoms with Crippen LogP contribution in [0.4, 0.5) is 0 Å². The Bertz CT molecular complexity index is 1280. The normalized spacial score (nSPS) is 12.7. The molecule has 1 amide bonds. The molecule has 0 aromatic heterocycles. The van der Waals surface area contributed by atoms with Gasteiger partial charge in [0, 0.05) is 12.8 Å². The molecule has 0 saturated carbocycles. The molecule has 0 spiro atoms. The van der Waals surface area contributed by atoms with E-state index in [1.54, 1.807) is 6.08 Å². The van der Waals surface area contributed by atoms with Crippen LogP contribution in [0.5, 0.6) is 0 Å². The number of hydrogen-bond donors (Lipinski definition) is 3. The smallest absolute Gasteiger partial charge is 0.305 e. The predicted octanol–water partition coefficient (Wildman–Crippen LogP) is 23.1. The molecule has 6 nitrogen and oxygen atoms in total. The number of unbranched alkanes of at least 4 members (excludes halogenated alkanes) is 52. The summed E-state index contributed by atoms with van der Waals surface area (Å²) < 4.78 is 5.48. The van der Waals surface area contributed by atoms with Gasteiger partial charge >= 0.3 is 5.97 Å². The number of amides is 1. The zero-order valence-electron chi connectivity index (χ0n) is 53.4. The fourth-order valence-corrected chi connectivity index (χ4v) is 11.2. The Morgan fingerprint density at radius 3 is 1.01 bits per heavy atom. The number of nitrogens with one attached hydrogen (secondary N) is 1. The summed E-state index contributed by atoms with van der Waals surface area (Å²) in [4.78, 5) is 24.6. The highest BCUT2D eigenvalue weighted by atomic mass is 16.5. The molecule has 0 aliphatic heterocycles. The van der Waals surface area contributed by atoms with Crippen molar-refractivity contribution in [3.8, 4) is 0 Å². The van der Waals surface area contributed by atoms with Crippen LogP contribution in [0.3, 0.4) is 0 Å². The Hall–Kier alpha value is -1.92. The molecule has 0 aromatic carbocycles. The first-order chi connectivity index (χ1) is 39.0. The van der Waals surface area contributed by atoms with Gasteiger partial charge in [-0.15, -0.1) is 0 Å². The molecule has 0 aliphatic carbocycles. The molecule has 0 aliphatic rings. The predicted molar refractivity (Wildman–Crippen MR) is 347 cm³/mol. The summed E-state index contributed by atoms with van der Waals surface area (Å²) in [5.74, 6) is -0.0598. The third-order valence-electron chi connectivity index (χ3n) is 16.6. The Morgan fingerprint density at radius 1 is 0.354 bits per heavy atom. The highest BCUT2D eigenvalue weighted by Crippen LogP contribution is 2.19. The van der Waals surface area contributed by atoms with Crippen LogP contribution in [0.2, 0.25) is 0 Å². The Morgan fingerprint density at radius 2 is 0.658 bits per heavy atom. The topological polar surface area (TPSA) is 95.9 Å². The van der Waals surface area contributed by atoms with E-state index in [0.717, 1.165) is 51.4 Å². The van der Waals surface area contributed by atoms with Gasteiger partial charge in [-0.3, -0.25) is 9.59 Å². The molecular weight excluding hydrogens is 971 g/mol. The molecule has 2 atom stereocenters. The fourth-order valence-electron chi connectivity index (χ4n) is 11.2. The van der Waals surface area contributed by atoms with Crippen molar-refractivity contribution in [3.05, 3.63) is 36.5 Å². The number of aliphatic hydroxyl groups is 2. The Kier molecular flexibility index (Phi) is 66.9. The molecule has 79 heavy (non-hydrogen) atoms. The average Bonchev–Trinajstić information content (AvgIpc) is 3.45. The van der Waals surface area contributed by atoms with Crippen LogP contribution in [-0.4, -0.2) is 47.4 Å². The van der Waals surface area contributed by atoms with Crippen LogP contribution >= 0.6 is 0 Å². The van der Waals surface area contributed by atoms with Gasteiger partial charge in [-0.05, 0) is 57.8 Å². The summed E-state index contributed by atoms with van der Waals surface area (Å²) in [5, 5.41) is 23.3. The number of aliphatic hydroxyl groups excluding tert-OH is 2. The Labute approximate surface area is 494 Å². The van der Waals surface area contributed by atoms with E-state index < -0.39 is 12.1 Å². The van der Waals surface area contributed by atoms with Crippen LogP contribution in [0, 0.1) is 0 Å².